The van der Waals surface area contributed by atoms with Crippen molar-refractivity contribution in [3.8, 4) is 5.88 Å². The highest BCUT2D eigenvalue weighted by molar-refractivity contribution is 5.48. The van der Waals surface area contributed by atoms with Gasteiger partial charge in [-0.2, -0.15) is 0 Å². The van der Waals surface area contributed by atoms with E-state index in [9.17, 15) is 5.11 Å². The van der Waals surface area contributed by atoms with Crippen LogP contribution < -0.4 is 0 Å². The third-order valence-corrected chi connectivity index (χ3v) is 4.18. The van der Waals surface area contributed by atoms with E-state index in [0.29, 0.717) is 6.04 Å². The molecule has 2 aromatic heterocycles. The summed E-state index contributed by atoms with van der Waals surface area (Å²) in [5.41, 5.74) is 0.967. The van der Waals surface area contributed by atoms with E-state index in [0.717, 1.165) is 24.3 Å². The zero-order chi connectivity index (χ0) is 13.2. The Morgan fingerprint density at radius 1 is 1.37 bits per heavy atom. The SMILES string of the molecule is CCN1CCCCC1Cc1ncc2cccc(O)n12. The van der Waals surface area contributed by atoms with Gasteiger partial charge < -0.3 is 10.0 Å². The molecule has 0 spiro atoms. The summed E-state index contributed by atoms with van der Waals surface area (Å²) in [6, 6.07) is 6.12. The van der Waals surface area contributed by atoms with Gasteiger partial charge in [0, 0.05) is 12.5 Å². The van der Waals surface area contributed by atoms with Crippen molar-refractivity contribution in [3.63, 3.8) is 0 Å². The zero-order valence-electron chi connectivity index (χ0n) is 11.4. The maximum Gasteiger partial charge on any atom is 0.197 e. The van der Waals surface area contributed by atoms with Crippen LogP contribution in [0, 0.1) is 0 Å². The minimum absolute atomic E-state index is 0.281. The molecule has 1 aliphatic rings. The van der Waals surface area contributed by atoms with Gasteiger partial charge in [0.05, 0.1) is 11.7 Å². The van der Waals surface area contributed by atoms with Gasteiger partial charge in [-0.1, -0.05) is 19.4 Å². The van der Waals surface area contributed by atoms with E-state index in [1.807, 2.05) is 22.7 Å². The van der Waals surface area contributed by atoms with Gasteiger partial charge in [-0.25, -0.2) is 4.98 Å². The Kier molecular flexibility index (Phi) is 3.42. The van der Waals surface area contributed by atoms with Crippen molar-refractivity contribution in [1.29, 1.82) is 0 Å². The number of pyridine rings is 1. The summed E-state index contributed by atoms with van der Waals surface area (Å²) in [4.78, 5) is 7.03. The highest BCUT2D eigenvalue weighted by Crippen LogP contribution is 2.22. The molecule has 1 saturated heterocycles. The Balaban J connectivity index is 1.88. The third-order valence-electron chi connectivity index (χ3n) is 4.18. The number of aromatic nitrogens is 2. The smallest absolute Gasteiger partial charge is 0.197 e. The summed E-state index contributed by atoms with van der Waals surface area (Å²) in [5, 5.41) is 10.0. The molecule has 4 heteroatoms. The first kappa shape index (κ1) is 12.5. The van der Waals surface area contributed by atoms with Gasteiger partial charge in [0.15, 0.2) is 5.88 Å². The van der Waals surface area contributed by atoms with Crippen LogP contribution in [0.1, 0.15) is 32.0 Å². The molecule has 1 fully saturated rings. The van der Waals surface area contributed by atoms with Crippen molar-refractivity contribution in [2.45, 2.75) is 38.6 Å². The topological polar surface area (TPSA) is 40.8 Å². The van der Waals surface area contributed by atoms with Crippen LogP contribution in [0.4, 0.5) is 0 Å². The number of nitrogens with zero attached hydrogens (tertiary/aromatic N) is 3. The lowest BCUT2D eigenvalue weighted by Crippen LogP contribution is -2.40. The quantitative estimate of drug-likeness (QED) is 0.920. The number of rotatable bonds is 3. The van der Waals surface area contributed by atoms with Crippen LogP contribution in [-0.4, -0.2) is 38.5 Å². The molecule has 0 radical (unpaired) electrons. The first-order valence-corrected chi connectivity index (χ1v) is 7.18. The van der Waals surface area contributed by atoms with E-state index in [-0.39, 0.29) is 5.88 Å². The molecule has 0 aromatic carbocycles. The Morgan fingerprint density at radius 3 is 3.11 bits per heavy atom. The highest BCUT2D eigenvalue weighted by Gasteiger charge is 2.23. The molecule has 0 amide bonds. The fourth-order valence-corrected chi connectivity index (χ4v) is 3.16. The third kappa shape index (κ3) is 2.32. The normalized spacial score (nSPS) is 21.0. The number of hydrogen-bond donors (Lipinski definition) is 1. The lowest BCUT2D eigenvalue weighted by atomic mass is 9.99. The number of imidazole rings is 1. The maximum atomic E-state index is 10.0. The second kappa shape index (κ2) is 5.21. The summed E-state index contributed by atoms with van der Waals surface area (Å²) in [6.45, 7) is 4.51. The number of piperidine rings is 1. The average molecular weight is 259 g/mol. The second-order valence-corrected chi connectivity index (χ2v) is 5.30. The molecule has 0 bridgehead atoms. The molecule has 102 valence electrons. The predicted octanol–water partition coefficient (Wildman–Crippen LogP) is 2.46. The summed E-state index contributed by atoms with van der Waals surface area (Å²) < 4.78 is 1.86. The van der Waals surface area contributed by atoms with E-state index < -0.39 is 0 Å². The van der Waals surface area contributed by atoms with Crippen molar-refractivity contribution in [2.24, 2.45) is 0 Å². The number of aromatic hydroxyl groups is 1. The molecular formula is C15H21N3O. The van der Waals surface area contributed by atoms with Crippen molar-refractivity contribution in [3.05, 3.63) is 30.2 Å². The van der Waals surface area contributed by atoms with E-state index in [1.54, 1.807) is 6.07 Å². The molecule has 0 saturated carbocycles. The second-order valence-electron chi connectivity index (χ2n) is 5.30. The molecule has 1 aliphatic heterocycles. The van der Waals surface area contributed by atoms with Crippen LogP contribution in [0.25, 0.3) is 5.52 Å². The fraction of sp³-hybridized carbons (Fsp3) is 0.533. The van der Waals surface area contributed by atoms with Gasteiger partial charge in [0.1, 0.15) is 5.82 Å². The summed E-state index contributed by atoms with van der Waals surface area (Å²) in [5.74, 6) is 1.25. The molecule has 1 atom stereocenters. The molecule has 0 aliphatic carbocycles. The van der Waals surface area contributed by atoms with Crippen molar-refractivity contribution in [2.75, 3.05) is 13.1 Å². The first-order valence-electron chi connectivity index (χ1n) is 7.18. The van der Waals surface area contributed by atoms with Gasteiger partial charge >= 0.3 is 0 Å². The Labute approximate surface area is 113 Å². The Hall–Kier alpha value is -1.55. The first-order chi connectivity index (χ1) is 9.29. The van der Waals surface area contributed by atoms with Crippen LogP contribution in [0.15, 0.2) is 24.4 Å². The minimum atomic E-state index is 0.281. The van der Waals surface area contributed by atoms with Gasteiger partial charge in [-0.3, -0.25) is 4.40 Å². The molecule has 19 heavy (non-hydrogen) atoms. The van der Waals surface area contributed by atoms with E-state index in [4.69, 9.17) is 0 Å². The molecule has 2 aromatic rings. The molecule has 3 heterocycles. The molecule has 1 N–H and O–H groups in total. The fourth-order valence-electron chi connectivity index (χ4n) is 3.16. The zero-order valence-corrected chi connectivity index (χ0v) is 11.4. The van der Waals surface area contributed by atoms with Crippen LogP contribution >= 0.6 is 0 Å². The van der Waals surface area contributed by atoms with E-state index >= 15 is 0 Å². The molecule has 1 unspecified atom stereocenters. The van der Waals surface area contributed by atoms with Crippen molar-refractivity contribution >= 4 is 5.52 Å². The van der Waals surface area contributed by atoms with Crippen molar-refractivity contribution in [1.82, 2.24) is 14.3 Å². The maximum absolute atomic E-state index is 10.0. The number of fused-ring (bicyclic) bond motifs is 1. The number of likely N-dealkylation sites (tertiary alicyclic amines) is 1. The highest BCUT2D eigenvalue weighted by atomic mass is 16.3. The van der Waals surface area contributed by atoms with Gasteiger partial charge in [0.2, 0.25) is 0 Å². The van der Waals surface area contributed by atoms with Gasteiger partial charge in [-0.15, -0.1) is 0 Å². The molecular weight excluding hydrogens is 238 g/mol. The van der Waals surface area contributed by atoms with E-state index in [2.05, 4.69) is 16.8 Å². The summed E-state index contributed by atoms with van der Waals surface area (Å²) in [6.07, 6.45) is 6.60. The summed E-state index contributed by atoms with van der Waals surface area (Å²) in [7, 11) is 0. The van der Waals surface area contributed by atoms with Crippen molar-refractivity contribution < 1.29 is 5.11 Å². The monoisotopic (exact) mass is 259 g/mol. The predicted molar refractivity (Wildman–Crippen MR) is 75.4 cm³/mol. The average Bonchev–Trinajstić information content (AvgIpc) is 2.84. The lowest BCUT2D eigenvalue weighted by Gasteiger charge is -2.34. The largest absolute Gasteiger partial charge is 0.494 e. The van der Waals surface area contributed by atoms with Crippen LogP contribution in [0.2, 0.25) is 0 Å². The Morgan fingerprint density at radius 2 is 2.26 bits per heavy atom. The van der Waals surface area contributed by atoms with Crippen LogP contribution in [0.3, 0.4) is 0 Å². The minimum Gasteiger partial charge on any atom is -0.494 e. The standard InChI is InChI=1S/C15H21N3O/c1-2-17-9-4-3-6-12(17)10-14-16-11-13-7-5-8-15(19)18(13)14/h5,7-8,11-12,19H,2-4,6,9-10H2,1H3. The number of likely N-dealkylation sites (N-methyl/N-ethyl adjacent to an activating group) is 1. The number of hydrogen-bond acceptors (Lipinski definition) is 3. The summed E-state index contributed by atoms with van der Waals surface area (Å²) >= 11 is 0. The molecule has 4 nitrogen and oxygen atoms in total. The van der Waals surface area contributed by atoms with E-state index in [1.165, 1.54) is 25.8 Å². The van der Waals surface area contributed by atoms with Crippen LogP contribution in [0.5, 0.6) is 5.88 Å². The van der Waals surface area contributed by atoms with Crippen LogP contribution in [-0.2, 0) is 6.42 Å². The lowest BCUT2D eigenvalue weighted by molar-refractivity contribution is 0.153. The Bertz CT molecular complexity index is 564. The molecule has 3 rings (SSSR count). The van der Waals surface area contributed by atoms with Gasteiger partial charge in [-0.05, 0) is 38.1 Å². The van der Waals surface area contributed by atoms with Gasteiger partial charge in [0.25, 0.3) is 0 Å².